The topological polar surface area (TPSA) is 62.7 Å². The zero-order chi connectivity index (χ0) is 19.8. The van der Waals surface area contributed by atoms with Gasteiger partial charge in [0.1, 0.15) is 10.8 Å². The Morgan fingerprint density at radius 2 is 2.00 bits per heavy atom. The molecule has 2 aliphatic heterocycles. The molecule has 3 heterocycles. The van der Waals surface area contributed by atoms with Gasteiger partial charge in [-0.15, -0.1) is 11.3 Å². The summed E-state index contributed by atoms with van der Waals surface area (Å²) in [4.78, 5) is 33.8. The number of nitrogens with zero attached hydrogens (tertiary/aromatic N) is 3. The molecule has 0 unspecified atom stereocenters. The minimum absolute atomic E-state index is 0.0171. The van der Waals surface area contributed by atoms with Crippen molar-refractivity contribution in [2.75, 3.05) is 24.6 Å². The quantitative estimate of drug-likeness (QED) is 0.660. The highest BCUT2D eigenvalue weighted by Crippen LogP contribution is 2.37. The molecule has 6 nitrogen and oxygen atoms in total. The van der Waals surface area contributed by atoms with Crippen LogP contribution >= 0.6 is 11.3 Å². The molecule has 29 heavy (non-hydrogen) atoms. The van der Waals surface area contributed by atoms with Gasteiger partial charge in [0, 0.05) is 19.5 Å². The number of ether oxygens (including phenoxy) is 1. The predicted octanol–water partition coefficient (Wildman–Crippen LogP) is 3.78. The average Bonchev–Trinajstić information content (AvgIpc) is 3.39. The van der Waals surface area contributed by atoms with Gasteiger partial charge in [-0.2, -0.15) is 0 Å². The number of aromatic nitrogens is 1. The molecule has 2 amide bonds. The van der Waals surface area contributed by atoms with Crippen LogP contribution in [0.25, 0.3) is 10.2 Å². The van der Waals surface area contributed by atoms with E-state index < -0.39 is 0 Å². The SMILES string of the molecule is O=C1COc2ccccc2N1CCC(=O)N1CCC[C@H]1c1nc2ccccc2s1. The second-order valence-electron chi connectivity index (χ2n) is 7.32. The molecular formula is C22H21N3O3S. The highest BCUT2D eigenvalue weighted by Gasteiger charge is 2.33. The number of anilines is 1. The lowest BCUT2D eigenvalue weighted by molar-refractivity contribution is -0.132. The van der Waals surface area contributed by atoms with E-state index in [4.69, 9.17) is 9.72 Å². The van der Waals surface area contributed by atoms with Crippen LogP contribution < -0.4 is 9.64 Å². The Morgan fingerprint density at radius 3 is 2.90 bits per heavy atom. The maximum atomic E-state index is 13.0. The lowest BCUT2D eigenvalue weighted by Crippen LogP contribution is -2.41. The van der Waals surface area contributed by atoms with Crippen molar-refractivity contribution in [3.63, 3.8) is 0 Å². The van der Waals surface area contributed by atoms with E-state index in [-0.39, 0.29) is 24.5 Å². The van der Waals surface area contributed by atoms with Crippen molar-refractivity contribution in [3.05, 3.63) is 53.5 Å². The van der Waals surface area contributed by atoms with E-state index in [2.05, 4.69) is 6.07 Å². The first-order chi connectivity index (χ1) is 14.2. The summed E-state index contributed by atoms with van der Waals surface area (Å²) in [5.74, 6) is 0.650. The highest BCUT2D eigenvalue weighted by atomic mass is 32.1. The molecule has 148 valence electrons. The van der Waals surface area contributed by atoms with E-state index in [0.717, 1.165) is 40.3 Å². The van der Waals surface area contributed by atoms with Crippen molar-refractivity contribution in [1.82, 2.24) is 9.88 Å². The van der Waals surface area contributed by atoms with Gasteiger partial charge >= 0.3 is 0 Å². The van der Waals surface area contributed by atoms with E-state index in [0.29, 0.717) is 18.7 Å². The van der Waals surface area contributed by atoms with Crippen molar-refractivity contribution >= 4 is 39.1 Å². The molecule has 0 spiro atoms. The number of rotatable bonds is 4. The maximum absolute atomic E-state index is 13.0. The summed E-state index contributed by atoms with van der Waals surface area (Å²) in [5, 5.41) is 1.00. The number of thiazole rings is 1. The van der Waals surface area contributed by atoms with Crippen molar-refractivity contribution in [2.45, 2.75) is 25.3 Å². The molecule has 0 radical (unpaired) electrons. The number of hydrogen-bond acceptors (Lipinski definition) is 5. The number of likely N-dealkylation sites (tertiary alicyclic amines) is 1. The van der Waals surface area contributed by atoms with Crippen LogP contribution in [0.1, 0.15) is 30.3 Å². The Labute approximate surface area is 172 Å². The van der Waals surface area contributed by atoms with Crippen LogP contribution in [0.15, 0.2) is 48.5 Å². The summed E-state index contributed by atoms with van der Waals surface area (Å²) in [7, 11) is 0. The number of carbonyl (C=O) groups excluding carboxylic acids is 2. The lowest BCUT2D eigenvalue weighted by Gasteiger charge is -2.30. The van der Waals surface area contributed by atoms with Crippen molar-refractivity contribution in [3.8, 4) is 5.75 Å². The molecular weight excluding hydrogens is 386 g/mol. The summed E-state index contributed by atoms with van der Waals surface area (Å²) in [6.45, 7) is 1.12. The van der Waals surface area contributed by atoms with E-state index in [1.807, 2.05) is 47.4 Å². The highest BCUT2D eigenvalue weighted by molar-refractivity contribution is 7.18. The molecule has 2 aromatic carbocycles. The molecule has 1 saturated heterocycles. The number of hydrogen-bond donors (Lipinski definition) is 0. The van der Waals surface area contributed by atoms with Crippen LogP contribution in [0.5, 0.6) is 5.75 Å². The standard InChI is InChI=1S/C22H21N3O3S/c26-20(11-13-25-16-7-2-3-9-18(16)28-14-21(25)27)24-12-5-8-17(24)22-23-15-6-1-4-10-19(15)29-22/h1-4,6-7,9-10,17H,5,8,11-14H2/t17-/m0/s1. The Kier molecular flexibility index (Phi) is 4.67. The molecule has 0 N–H and O–H groups in total. The summed E-state index contributed by atoms with van der Waals surface area (Å²) in [6, 6.07) is 15.6. The Bertz CT molecular complexity index is 1050. The first-order valence-corrected chi connectivity index (χ1v) is 10.7. The van der Waals surface area contributed by atoms with Crippen LogP contribution in [0.4, 0.5) is 5.69 Å². The molecule has 0 bridgehead atoms. The van der Waals surface area contributed by atoms with Crippen LogP contribution in [-0.2, 0) is 9.59 Å². The number of para-hydroxylation sites is 3. The van der Waals surface area contributed by atoms with Gasteiger partial charge in [0.25, 0.3) is 5.91 Å². The van der Waals surface area contributed by atoms with Gasteiger partial charge < -0.3 is 14.5 Å². The second-order valence-corrected chi connectivity index (χ2v) is 8.38. The summed E-state index contributed by atoms with van der Waals surface area (Å²) in [5.41, 5.74) is 1.73. The van der Waals surface area contributed by atoms with Gasteiger partial charge in [-0.05, 0) is 37.1 Å². The van der Waals surface area contributed by atoms with E-state index in [1.54, 1.807) is 16.2 Å². The molecule has 7 heteroatoms. The summed E-state index contributed by atoms with van der Waals surface area (Å²) >= 11 is 1.67. The van der Waals surface area contributed by atoms with Crippen LogP contribution in [0, 0.1) is 0 Å². The first kappa shape index (κ1) is 18.1. The number of amides is 2. The fraction of sp³-hybridized carbons (Fsp3) is 0.318. The molecule has 1 fully saturated rings. The third kappa shape index (κ3) is 3.35. The number of carbonyl (C=O) groups is 2. The summed E-state index contributed by atoms with van der Waals surface area (Å²) in [6.07, 6.45) is 2.21. The predicted molar refractivity (Wildman–Crippen MR) is 112 cm³/mol. The number of benzene rings is 2. The maximum Gasteiger partial charge on any atom is 0.265 e. The molecule has 5 rings (SSSR count). The van der Waals surface area contributed by atoms with Gasteiger partial charge in [-0.3, -0.25) is 9.59 Å². The zero-order valence-corrected chi connectivity index (χ0v) is 16.7. The van der Waals surface area contributed by atoms with E-state index in [1.165, 1.54) is 0 Å². The summed E-state index contributed by atoms with van der Waals surface area (Å²) < 4.78 is 6.63. The van der Waals surface area contributed by atoms with Crippen molar-refractivity contribution < 1.29 is 14.3 Å². The fourth-order valence-corrected chi connectivity index (χ4v) is 5.22. The largest absolute Gasteiger partial charge is 0.482 e. The molecule has 0 saturated carbocycles. The minimum Gasteiger partial charge on any atom is -0.482 e. The van der Waals surface area contributed by atoms with E-state index >= 15 is 0 Å². The van der Waals surface area contributed by atoms with E-state index in [9.17, 15) is 9.59 Å². The van der Waals surface area contributed by atoms with Crippen LogP contribution in [0.2, 0.25) is 0 Å². The third-order valence-corrected chi connectivity index (χ3v) is 6.66. The van der Waals surface area contributed by atoms with Crippen LogP contribution in [-0.4, -0.2) is 41.4 Å². The van der Waals surface area contributed by atoms with Crippen molar-refractivity contribution in [2.24, 2.45) is 0 Å². The van der Waals surface area contributed by atoms with Gasteiger partial charge in [0.05, 0.1) is 21.9 Å². The molecule has 1 atom stereocenters. The Balaban J connectivity index is 1.31. The average molecular weight is 407 g/mol. The Hall–Kier alpha value is -2.93. The van der Waals surface area contributed by atoms with Crippen LogP contribution in [0.3, 0.4) is 0 Å². The molecule has 1 aromatic heterocycles. The van der Waals surface area contributed by atoms with Gasteiger partial charge in [-0.25, -0.2) is 4.98 Å². The van der Waals surface area contributed by atoms with Crippen molar-refractivity contribution in [1.29, 1.82) is 0 Å². The third-order valence-electron chi connectivity index (χ3n) is 5.53. The smallest absolute Gasteiger partial charge is 0.265 e. The second kappa shape index (κ2) is 7.48. The molecule has 3 aromatic rings. The number of fused-ring (bicyclic) bond motifs is 2. The Morgan fingerprint density at radius 1 is 1.17 bits per heavy atom. The minimum atomic E-state index is -0.111. The lowest BCUT2D eigenvalue weighted by atomic mass is 10.2. The molecule has 2 aliphatic rings. The zero-order valence-electron chi connectivity index (χ0n) is 15.9. The van der Waals surface area contributed by atoms with Gasteiger partial charge in [0.2, 0.25) is 5.91 Å². The van der Waals surface area contributed by atoms with Gasteiger partial charge in [0.15, 0.2) is 6.61 Å². The first-order valence-electron chi connectivity index (χ1n) is 9.88. The molecule has 0 aliphatic carbocycles. The fourth-order valence-electron chi connectivity index (χ4n) is 4.10. The van der Waals surface area contributed by atoms with Gasteiger partial charge in [-0.1, -0.05) is 24.3 Å². The monoisotopic (exact) mass is 407 g/mol. The normalized spacial score (nSPS) is 18.8.